The summed E-state index contributed by atoms with van der Waals surface area (Å²) in [7, 11) is 1.87. The lowest BCUT2D eigenvalue weighted by molar-refractivity contribution is -0.128. The fourth-order valence-corrected chi connectivity index (χ4v) is 2.66. The first kappa shape index (κ1) is 13.0. The van der Waals surface area contributed by atoms with Gasteiger partial charge >= 0.3 is 0 Å². The Bertz CT molecular complexity index is 435. The molecule has 1 fully saturated rings. The van der Waals surface area contributed by atoms with Crippen molar-refractivity contribution in [1.29, 1.82) is 0 Å². The van der Waals surface area contributed by atoms with Gasteiger partial charge in [0.25, 0.3) is 0 Å². The average molecular weight is 365 g/mol. The van der Waals surface area contributed by atoms with Gasteiger partial charge in [0.2, 0.25) is 5.91 Å². The van der Waals surface area contributed by atoms with Crippen molar-refractivity contribution in [3.63, 3.8) is 0 Å². The molecule has 0 saturated heterocycles. The molecule has 1 amide bonds. The molecule has 0 heterocycles. The number of hydrogen-bond donors (Lipinski definition) is 1. The summed E-state index contributed by atoms with van der Waals surface area (Å²) in [6, 6.07) is 6.06. The molecule has 0 aromatic heterocycles. The number of carbonyl (C=O) groups is 1. The van der Waals surface area contributed by atoms with Crippen LogP contribution in [0.15, 0.2) is 18.2 Å². The molecule has 0 spiro atoms. The Balaban J connectivity index is 1.90. The molecule has 1 aromatic rings. The molecule has 5 heteroatoms. The zero-order valence-electron chi connectivity index (χ0n) is 9.54. The largest absolute Gasteiger partial charge is 0.375 e. The number of rotatable bonds is 4. The number of carbonyl (C=O) groups excluding carboxylic acids is 1. The van der Waals surface area contributed by atoms with Crippen LogP contribution in [0.4, 0.5) is 5.69 Å². The smallest absolute Gasteiger partial charge is 0.241 e. The highest BCUT2D eigenvalue weighted by molar-refractivity contribution is 14.1. The lowest BCUT2D eigenvalue weighted by Crippen LogP contribution is -2.33. The molecule has 0 aliphatic heterocycles. The first-order chi connectivity index (χ1) is 8.08. The van der Waals surface area contributed by atoms with Gasteiger partial charge in [0.15, 0.2) is 0 Å². The van der Waals surface area contributed by atoms with E-state index in [1.807, 2.05) is 30.1 Å². The number of nitrogens with one attached hydrogen (secondary N) is 1. The molecule has 0 radical (unpaired) electrons. The average Bonchev–Trinajstić information content (AvgIpc) is 3.10. The third-order valence-electron chi connectivity index (χ3n) is 2.85. The minimum Gasteiger partial charge on any atom is -0.375 e. The number of halogens is 2. The second-order valence-electron chi connectivity index (χ2n) is 4.21. The maximum Gasteiger partial charge on any atom is 0.241 e. The summed E-state index contributed by atoms with van der Waals surface area (Å²) in [6.45, 7) is 0.338. The predicted molar refractivity (Wildman–Crippen MR) is 78.5 cm³/mol. The van der Waals surface area contributed by atoms with E-state index in [0.29, 0.717) is 17.6 Å². The van der Waals surface area contributed by atoms with E-state index in [1.165, 1.54) is 0 Å². The van der Waals surface area contributed by atoms with Crippen LogP contribution in [0.25, 0.3) is 0 Å². The quantitative estimate of drug-likeness (QED) is 0.833. The van der Waals surface area contributed by atoms with Crippen molar-refractivity contribution in [1.82, 2.24) is 4.90 Å². The number of benzene rings is 1. The maximum atomic E-state index is 11.8. The molecule has 1 aromatic carbocycles. The van der Waals surface area contributed by atoms with Crippen molar-refractivity contribution in [2.45, 2.75) is 18.9 Å². The standard InChI is InChI=1S/C12H14ClIN2O/c1-16(9-3-4-9)12(17)7-15-11-5-2-8(13)6-10(11)14/h2,5-6,9,15H,3-4,7H2,1H3. The van der Waals surface area contributed by atoms with Gasteiger partial charge in [-0.2, -0.15) is 0 Å². The van der Waals surface area contributed by atoms with Crippen molar-refractivity contribution >= 4 is 45.8 Å². The van der Waals surface area contributed by atoms with Crippen molar-refractivity contribution < 1.29 is 4.79 Å². The molecule has 1 aliphatic carbocycles. The topological polar surface area (TPSA) is 32.3 Å². The van der Waals surface area contributed by atoms with Gasteiger partial charge in [0.05, 0.1) is 6.54 Å². The molecule has 2 rings (SSSR count). The van der Waals surface area contributed by atoms with Crippen LogP contribution in [0.5, 0.6) is 0 Å². The zero-order valence-corrected chi connectivity index (χ0v) is 12.5. The Kier molecular flexibility index (Phi) is 4.14. The first-order valence-corrected chi connectivity index (χ1v) is 6.98. The van der Waals surface area contributed by atoms with Crippen LogP contribution >= 0.6 is 34.2 Å². The molecule has 1 saturated carbocycles. The summed E-state index contributed by atoms with van der Waals surface area (Å²) >= 11 is 8.08. The lowest BCUT2D eigenvalue weighted by Gasteiger charge is -2.17. The Hall–Kier alpha value is -0.490. The highest BCUT2D eigenvalue weighted by Crippen LogP contribution is 2.26. The van der Waals surface area contributed by atoms with Crippen LogP contribution < -0.4 is 5.32 Å². The molecule has 17 heavy (non-hydrogen) atoms. The number of hydrogen-bond acceptors (Lipinski definition) is 2. The number of anilines is 1. The number of likely N-dealkylation sites (N-methyl/N-ethyl adjacent to an activating group) is 1. The van der Waals surface area contributed by atoms with Crippen LogP contribution in [-0.2, 0) is 4.79 Å². The van der Waals surface area contributed by atoms with Gasteiger partial charge in [-0.15, -0.1) is 0 Å². The molecular weight excluding hydrogens is 351 g/mol. The number of nitrogens with zero attached hydrogens (tertiary/aromatic N) is 1. The van der Waals surface area contributed by atoms with Crippen molar-refractivity contribution in [2.75, 3.05) is 18.9 Å². The third-order valence-corrected chi connectivity index (χ3v) is 3.98. The Morgan fingerprint density at radius 2 is 2.29 bits per heavy atom. The van der Waals surface area contributed by atoms with E-state index < -0.39 is 0 Å². The lowest BCUT2D eigenvalue weighted by atomic mass is 10.3. The van der Waals surface area contributed by atoms with Crippen molar-refractivity contribution in [2.24, 2.45) is 0 Å². The molecule has 92 valence electrons. The van der Waals surface area contributed by atoms with E-state index in [9.17, 15) is 4.79 Å². The SMILES string of the molecule is CN(C(=O)CNc1ccc(Cl)cc1I)C1CC1. The van der Waals surface area contributed by atoms with Crippen LogP contribution in [0.3, 0.4) is 0 Å². The predicted octanol–water partition coefficient (Wildman–Crippen LogP) is 2.98. The molecule has 0 bridgehead atoms. The van der Waals surface area contributed by atoms with E-state index in [0.717, 1.165) is 22.1 Å². The zero-order chi connectivity index (χ0) is 12.4. The van der Waals surface area contributed by atoms with Crippen molar-refractivity contribution in [3.8, 4) is 0 Å². The van der Waals surface area contributed by atoms with E-state index >= 15 is 0 Å². The minimum absolute atomic E-state index is 0.137. The summed E-state index contributed by atoms with van der Waals surface area (Å²) in [5, 5.41) is 3.86. The normalized spacial score (nSPS) is 14.5. The summed E-state index contributed by atoms with van der Waals surface area (Å²) in [4.78, 5) is 13.6. The van der Waals surface area contributed by atoms with Gasteiger partial charge < -0.3 is 10.2 Å². The second-order valence-corrected chi connectivity index (χ2v) is 5.81. The molecular formula is C12H14ClIN2O. The maximum absolute atomic E-state index is 11.8. The summed E-state index contributed by atoms with van der Waals surface area (Å²) in [5.74, 6) is 0.137. The van der Waals surface area contributed by atoms with Crippen molar-refractivity contribution in [3.05, 3.63) is 26.8 Å². The molecule has 0 atom stereocenters. The fourth-order valence-electron chi connectivity index (χ4n) is 1.59. The van der Waals surface area contributed by atoms with Gasteiger partial charge in [-0.05, 0) is 53.6 Å². The third kappa shape index (κ3) is 3.48. The summed E-state index contributed by atoms with van der Waals surface area (Å²) in [5.41, 5.74) is 0.951. The van der Waals surface area contributed by atoms with Crippen LogP contribution in [-0.4, -0.2) is 30.4 Å². The van der Waals surface area contributed by atoms with Crippen LogP contribution in [0.1, 0.15) is 12.8 Å². The minimum atomic E-state index is 0.137. The monoisotopic (exact) mass is 364 g/mol. The van der Waals surface area contributed by atoms with E-state index in [1.54, 1.807) is 0 Å². The Morgan fingerprint density at radius 3 is 2.88 bits per heavy atom. The molecule has 1 N–H and O–H groups in total. The van der Waals surface area contributed by atoms with E-state index in [4.69, 9.17) is 11.6 Å². The van der Waals surface area contributed by atoms with Gasteiger partial charge in [0.1, 0.15) is 0 Å². The summed E-state index contributed by atoms with van der Waals surface area (Å²) < 4.78 is 1.02. The highest BCUT2D eigenvalue weighted by Gasteiger charge is 2.29. The van der Waals surface area contributed by atoms with E-state index in [-0.39, 0.29) is 5.91 Å². The Labute approximate surface area is 120 Å². The van der Waals surface area contributed by atoms with Gasteiger partial charge in [-0.25, -0.2) is 0 Å². The molecule has 0 unspecified atom stereocenters. The van der Waals surface area contributed by atoms with Gasteiger partial charge in [0, 0.05) is 27.4 Å². The van der Waals surface area contributed by atoms with E-state index in [2.05, 4.69) is 27.9 Å². The summed E-state index contributed by atoms with van der Waals surface area (Å²) in [6.07, 6.45) is 2.28. The molecule has 3 nitrogen and oxygen atoms in total. The molecule has 1 aliphatic rings. The fraction of sp³-hybridized carbons (Fsp3) is 0.417. The van der Waals surface area contributed by atoms with Gasteiger partial charge in [-0.3, -0.25) is 4.79 Å². The highest BCUT2D eigenvalue weighted by atomic mass is 127. The second kappa shape index (κ2) is 5.44. The first-order valence-electron chi connectivity index (χ1n) is 5.52. The van der Waals surface area contributed by atoms with Gasteiger partial charge in [-0.1, -0.05) is 11.6 Å². The number of amides is 1. The Morgan fingerprint density at radius 1 is 1.59 bits per heavy atom. The van der Waals surface area contributed by atoms with Crippen LogP contribution in [0.2, 0.25) is 5.02 Å². The van der Waals surface area contributed by atoms with Crippen LogP contribution in [0, 0.1) is 3.57 Å².